The molecule has 0 atom stereocenters. The fourth-order valence-corrected chi connectivity index (χ4v) is 6.19. The van der Waals surface area contributed by atoms with Crippen LogP contribution in [0.3, 0.4) is 0 Å². The van der Waals surface area contributed by atoms with Gasteiger partial charge >= 0.3 is 7.59 Å². The van der Waals surface area contributed by atoms with Crippen molar-refractivity contribution in [3.63, 3.8) is 0 Å². The van der Waals surface area contributed by atoms with Crippen LogP contribution in [0, 0.1) is 6.92 Å². The molecular weight excluding hydrogens is 293 g/mol. The Labute approximate surface area is 134 Å². The van der Waals surface area contributed by atoms with Gasteiger partial charge < -0.3 is 5.09 Å². The van der Waals surface area contributed by atoms with Crippen LogP contribution in [-0.4, -0.2) is 35.5 Å². The first kappa shape index (κ1) is 16.0. The maximum absolute atomic E-state index is 13.9. The summed E-state index contributed by atoms with van der Waals surface area (Å²) in [6, 6.07) is 8.27. The normalized spacial score (nSPS) is 21.7. The molecule has 2 heterocycles. The van der Waals surface area contributed by atoms with E-state index in [0.29, 0.717) is 0 Å². The van der Waals surface area contributed by atoms with Crippen LogP contribution < -0.4 is 5.09 Å². The average molecular weight is 321 g/mol. The molecule has 0 radical (unpaired) electrons. The Kier molecular flexibility index (Phi) is 5.22. The van der Waals surface area contributed by atoms with Gasteiger partial charge in [-0.25, -0.2) is 9.34 Å². The van der Waals surface area contributed by atoms with Crippen molar-refractivity contribution in [1.29, 1.82) is 0 Å². The summed E-state index contributed by atoms with van der Waals surface area (Å²) in [5, 5.41) is 3.43. The van der Waals surface area contributed by atoms with Gasteiger partial charge in [0.05, 0.1) is 0 Å². The summed E-state index contributed by atoms with van der Waals surface area (Å²) in [6.07, 6.45) is 7.17. The minimum Gasteiger partial charge on any atom is -0.313 e. The Balaban J connectivity index is 1.83. The highest BCUT2D eigenvalue weighted by Crippen LogP contribution is 2.54. The van der Waals surface area contributed by atoms with E-state index in [0.717, 1.165) is 57.5 Å². The molecular formula is C17H28N3OP. The molecule has 2 fully saturated rings. The summed E-state index contributed by atoms with van der Waals surface area (Å²) in [6.45, 7) is 5.89. The number of nitrogens with zero attached hydrogens (tertiary/aromatic N) is 2. The lowest BCUT2D eigenvalue weighted by atomic mass is 10.2. The minimum absolute atomic E-state index is 0.951. The van der Waals surface area contributed by atoms with Crippen molar-refractivity contribution in [3.05, 3.63) is 29.8 Å². The number of piperidine rings is 2. The number of hydrogen-bond acceptors (Lipinski definition) is 1. The molecule has 0 saturated carbocycles. The number of hydrogen-bond donors (Lipinski definition) is 1. The average Bonchev–Trinajstić information content (AvgIpc) is 2.58. The molecule has 22 heavy (non-hydrogen) atoms. The highest BCUT2D eigenvalue weighted by Gasteiger charge is 2.38. The van der Waals surface area contributed by atoms with E-state index in [4.69, 9.17) is 0 Å². The molecule has 0 aromatic heterocycles. The first-order chi connectivity index (χ1) is 10.7. The second kappa shape index (κ2) is 7.16. The van der Waals surface area contributed by atoms with Crippen LogP contribution in [0.15, 0.2) is 24.3 Å². The van der Waals surface area contributed by atoms with Crippen LogP contribution in [0.25, 0.3) is 0 Å². The SMILES string of the molecule is Cc1ccc(NP(=O)(N2CCCCC2)N2CCCCC2)cc1. The van der Waals surface area contributed by atoms with Crippen molar-refractivity contribution in [2.24, 2.45) is 0 Å². The Hall–Kier alpha value is -0.830. The molecule has 1 aromatic rings. The molecule has 0 aliphatic carbocycles. The molecule has 2 aliphatic heterocycles. The summed E-state index contributed by atoms with van der Waals surface area (Å²) in [5.74, 6) is 0. The predicted molar refractivity (Wildman–Crippen MR) is 93.3 cm³/mol. The van der Waals surface area contributed by atoms with Gasteiger partial charge in [0.25, 0.3) is 0 Å². The van der Waals surface area contributed by atoms with E-state index in [1.807, 2.05) is 0 Å². The fraction of sp³-hybridized carbons (Fsp3) is 0.647. The number of rotatable bonds is 4. The van der Waals surface area contributed by atoms with Gasteiger partial charge in [0.15, 0.2) is 0 Å². The highest BCUT2D eigenvalue weighted by molar-refractivity contribution is 7.60. The van der Waals surface area contributed by atoms with Crippen molar-refractivity contribution < 1.29 is 4.57 Å². The second-order valence-electron chi connectivity index (χ2n) is 6.55. The zero-order valence-electron chi connectivity index (χ0n) is 13.6. The topological polar surface area (TPSA) is 35.6 Å². The van der Waals surface area contributed by atoms with Crippen LogP contribution in [0.1, 0.15) is 44.1 Å². The fourth-order valence-electron chi connectivity index (χ4n) is 3.41. The minimum atomic E-state index is -2.69. The zero-order valence-corrected chi connectivity index (χ0v) is 14.5. The molecule has 1 aromatic carbocycles. The van der Waals surface area contributed by atoms with Gasteiger partial charge in [-0.05, 0) is 44.7 Å². The molecule has 0 bridgehead atoms. The van der Waals surface area contributed by atoms with Gasteiger partial charge in [0.2, 0.25) is 0 Å². The van der Waals surface area contributed by atoms with Gasteiger partial charge in [-0.15, -0.1) is 0 Å². The summed E-state index contributed by atoms with van der Waals surface area (Å²) in [7, 11) is -2.69. The van der Waals surface area contributed by atoms with E-state index in [2.05, 4.69) is 45.6 Å². The lowest BCUT2D eigenvalue weighted by molar-refractivity contribution is 0.279. The second-order valence-corrected chi connectivity index (χ2v) is 8.99. The van der Waals surface area contributed by atoms with Gasteiger partial charge in [-0.1, -0.05) is 30.5 Å². The van der Waals surface area contributed by atoms with Crippen molar-refractivity contribution in [2.75, 3.05) is 31.3 Å². The molecule has 1 N–H and O–H groups in total. The summed E-state index contributed by atoms with van der Waals surface area (Å²) < 4.78 is 18.4. The monoisotopic (exact) mass is 321 g/mol. The Bertz CT molecular complexity index is 497. The number of nitrogens with one attached hydrogen (secondary N) is 1. The van der Waals surface area contributed by atoms with Crippen molar-refractivity contribution in [1.82, 2.24) is 9.34 Å². The quantitative estimate of drug-likeness (QED) is 0.829. The lowest BCUT2D eigenvalue weighted by Crippen LogP contribution is -2.40. The third-order valence-electron chi connectivity index (χ3n) is 4.76. The van der Waals surface area contributed by atoms with Gasteiger partial charge in [0.1, 0.15) is 0 Å². The highest BCUT2D eigenvalue weighted by atomic mass is 31.2. The third kappa shape index (κ3) is 3.56. The molecule has 122 valence electrons. The maximum atomic E-state index is 13.9. The molecule has 5 heteroatoms. The lowest BCUT2D eigenvalue weighted by Gasteiger charge is -2.42. The van der Waals surface area contributed by atoms with Crippen LogP contribution in [0.5, 0.6) is 0 Å². The van der Waals surface area contributed by atoms with E-state index in [-0.39, 0.29) is 0 Å². The van der Waals surface area contributed by atoms with E-state index in [9.17, 15) is 4.57 Å². The van der Waals surface area contributed by atoms with Crippen LogP contribution in [0.2, 0.25) is 0 Å². The van der Waals surface area contributed by atoms with E-state index in [1.54, 1.807) is 0 Å². The van der Waals surface area contributed by atoms with Crippen molar-refractivity contribution in [3.8, 4) is 0 Å². The maximum Gasteiger partial charge on any atom is 0.308 e. The van der Waals surface area contributed by atoms with E-state index < -0.39 is 7.59 Å². The first-order valence-electron chi connectivity index (χ1n) is 8.64. The predicted octanol–water partition coefficient (Wildman–Crippen LogP) is 4.49. The van der Waals surface area contributed by atoms with Crippen molar-refractivity contribution in [2.45, 2.75) is 45.4 Å². The standard InChI is InChI=1S/C17H28N3OP/c1-16-8-10-17(11-9-16)18-22(21,19-12-4-2-5-13-19)20-14-6-3-7-15-20/h8-11H,2-7,12-15H2,1H3,(H,18,21). The van der Waals surface area contributed by atoms with Crippen LogP contribution >= 0.6 is 7.59 Å². The first-order valence-corrected chi connectivity index (χ1v) is 10.3. The summed E-state index contributed by atoms with van der Waals surface area (Å²) in [4.78, 5) is 0. The molecule has 2 aliphatic rings. The molecule has 4 nitrogen and oxygen atoms in total. The number of benzene rings is 1. The third-order valence-corrected chi connectivity index (χ3v) is 7.64. The smallest absolute Gasteiger partial charge is 0.308 e. The molecule has 3 rings (SSSR count). The molecule has 2 saturated heterocycles. The van der Waals surface area contributed by atoms with E-state index in [1.165, 1.54) is 18.4 Å². The largest absolute Gasteiger partial charge is 0.313 e. The number of aryl methyl sites for hydroxylation is 1. The zero-order chi connectivity index (χ0) is 15.4. The van der Waals surface area contributed by atoms with Gasteiger partial charge in [-0.3, -0.25) is 4.57 Å². The van der Waals surface area contributed by atoms with Crippen LogP contribution in [-0.2, 0) is 4.57 Å². The Morgan fingerprint density at radius 2 is 1.27 bits per heavy atom. The van der Waals surface area contributed by atoms with E-state index >= 15 is 0 Å². The van der Waals surface area contributed by atoms with Gasteiger partial charge in [-0.2, -0.15) is 0 Å². The molecule has 0 amide bonds. The Morgan fingerprint density at radius 1 is 0.818 bits per heavy atom. The van der Waals surface area contributed by atoms with Crippen LogP contribution in [0.4, 0.5) is 5.69 Å². The van der Waals surface area contributed by atoms with Crippen molar-refractivity contribution >= 4 is 13.3 Å². The summed E-state index contributed by atoms with van der Waals surface area (Å²) in [5.41, 5.74) is 2.21. The molecule has 0 spiro atoms. The molecule has 0 unspecified atom stereocenters. The Morgan fingerprint density at radius 3 is 1.73 bits per heavy atom. The summed E-state index contributed by atoms with van der Waals surface area (Å²) >= 11 is 0. The van der Waals surface area contributed by atoms with Gasteiger partial charge in [0, 0.05) is 31.9 Å². The number of anilines is 1.